The molecule has 118 valence electrons. The summed E-state index contributed by atoms with van der Waals surface area (Å²) in [5.41, 5.74) is 2.00. The van der Waals surface area contributed by atoms with E-state index in [-0.39, 0.29) is 16.6 Å². The number of rotatable bonds is 5. The van der Waals surface area contributed by atoms with Gasteiger partial charge < -0.3 is 5.32 Å². The molecule has 1 heterocycles. The molecule has 0 radical (unpaired) electrons. The van der Waals surface area contributed by atoms with Crippen LogP contribution in [0.25, 0.3) is 0 Å². The molecule has 0 aliphatic carbocycles. The van der Waals surface area contributed by atoms with Crippen molar-refractivity contribution in [2.75, 3.05) is 11.1 Å². The largest absolute Gasteiger partial charge is 0.320 e. The van der Waals surface area contributed by atoms with Crippen molar-refractivity contribution in [3.63, 3.8) is 0 Å². The molecule has 0 saturated heterocycles. The summed E-state index contributed by atoms with van der Waals surface area (Å²) < 4.78 is 25.0. The van der Waals surface area contributed by atoms with Gasteiger partial charge in [0.1, 0.15) is 0 Å². The van der Waals surface area contributed by atoms with Gasteiger partial charge in [-0.05, 0) is 48.9 Å². The fourth-order valence-electron chi connectivity index (χ4n) is 2.30. The Balaban J connectivity index is 2.48. The standard InChI is InChI=1S/C16H19NO3S2/c1-4-8-22(19,20)14-10-11(2)9-12(3)15(14)17-16(18)13-6-5-7-21-13/h5-7,9-10H,4,8H2,1-3H3,(H,17,18). The van der Waals surface area contributed by atoms with Gasteiger partial charge in [0.2, 0.25) is 0 Å². The molecule has 1 N–H and O–H groups in total. The van der Waals surface area contributed by atoms with Crippen molar-refractivity contribution in [1.82, 2.24) is 0 Å². The number of aryl methyl sites for hydroxylation is 2. The molecule has 2 aromatic rings. The Bertz CT molecular complexity index is 778. The number of amides is 1. The Labute approximate surface area is 135 Å². The number of carbonyl (C=O) groups is 1. The third-order valence-corrected chi connectivity index (χ3v) is 6.04. The summed E-state index contributed by atoms with van der Waals surface area (Å²) in [5, 5.41) is 4.58. The van der Waals surface area contributed by atoms with E-state index in [1.165, 1.54) is 11.3 Å². The Morgan fingerprint density at radius 3 is 2.59 bits per heavy atom. The minimum atomic E-state index is -3.41. The highest BCUT2D eigenvalue weighted by molar-refractivity contribution is 7.91. The zero-order valence-electron chi connectivity index (χ0n) is 12.8. The van der Waals surface area contributed by atoms with Gasteiger partial charge in [0, 0.05) is 0 Å². The minimum Gasteiger partial charge on any atom is -0.320 e. The number of nitrogens with one attached hydrogen (secondary N) is 1. The first kappa shape index (κ1) is 16.7. The summed E-state index contributed by atoms with van der Waals surface area (Å²) in [6.07, 6.45) is 0.535. The molecule has 0 aliphatic heterocycles. The van der Waals surface area contributed by atoms with Gasteiger partial charge >= 0.3 is 0 Å². The highest BCUT2D eigenvalue weighted by atomic mass is 32.2. The second kappa shape index (κ2) is 6.62. The summed E-state index contributed by atoms with van der Waals surface area (Å²) in [6, 6.07) is 7.00. The van der Waals surface area contributed by atoms with E-state index in [1.54, 1.807) is 18.2 Å². The number of carbonyl (C=O) groups excluding carboxylic acids is 1. The molecule has 0 spiro atoms. The molecule has 1 amide bonds. The molecular weight excluding hydrogens is 318 g/mol. The van der Waals surface area contributed by atoms with Crippen molar-refractivity contribution in [2.45, 2.75) is 32.1 Å². The molecular formula is C16H19NO3S2. The van der Waals surface area contributed by atoms with Crippen LogP contribution in [0.15, 0.2) is 34.5 Å². The van der Waals surface area contributed by atoms with Crippen LogP contribution in [0.3, 0.4) is 0 Å². The van der Waals surface area contributed by atoms with Gasteiger partial charge in [-0.25, -0.2) is 8.42 Å². The predicted octanol–water partition coefficient (Wildman–Crippen LogP) is 3.80. The predicted molar refractivity (Wildman–Crippen MR) is 90.5 cm³/mol. The first-order chi connectivity index (χ1) is 10.3. The van der Waals surface area contributed by atoms with Gasteiger partial charge in [0.25, 0.3) is 5.91 Å². The molecule has 22 heavy (non-hydrogen) atoms. The molecule has 2 rings (SSSR count). The SMILES string of the molecule is CCCS(=O)(=O)c1cc(C)cc(C)c1NC(=O)c1cccs1. The Morgan fingerprint density at radius 2 is 2.00 bits per heavy atom. The Kier molecular flexibility index (Phi) is 5.03. The lowest BCUT2D eigenvalue weighted by Gasteiger charge is -2.15. The minimum absolute atomic E-state index is 0.0672. The molecule has 1 aromatic carbocycles. The average Bonchev–Trinajstić information content (AvgIpc) is 2.95. The zero-order chi connectivity index (χ0) is 16.3. The maximum Gasteiger partial charge on any atom is 0.265 e. The maximum absolute atomic E-state index is 12.5. The summed E-state index contributed by atoms with van der Waals surface area (Å²) in [4.78, 5) is 13.0. The lowest BCUT2D eigenvalue weighted by Crippen LogP contribution is -2.16. The van der Waals surface area contributed by atoms with E-state index in [1.807, 2.05) is 32.2 Å². The number of benzene rings is 1. The molecule has 0 fully saturated rings. The van der Waals surface area contributed by atoms with E-state index < -0.39 is 9.84 Å². The van der Waals surface area contributed by atoms with E-state index in [4.69, 9.17) is 0 Å². The first-order valence-electron chi connectivity index (χ1n) is 7.04. The summed E-state index contributed by atoms with van der Waals surface area (Å²) in [7, 11) is -3.41. The van der Waals surface area contributed by atoms with Crippen molar-refractivity contribution in [3.8, 4) is 0 Å². The second-order valence-corrected chi connectivity index (χ2v) is 8.23. The van der Waals surface area contributed by atoms with Crippen LogP contribution in [0.1, 0.15) is 34.1 Å². The summed E-state index contributed by atoms with van der Waals surface area (Å²) in [6.45, 7) is 5.48. The molecule has 0 atom stereocenters. The number of hydrogen-bond acceptors (Lipinski definition) is 4. The van der Waals surface area contributed by atoms with Crippen LogP contribution in [0.4, 0.5) is 5.69 Å². The van der Waals surface area contributed by atoms with E-state index in [2.05, 4.69) is 5.32 Å². The number of hydrogen-bond donors (Lipinski definition) is 1. The van der Waals surface area contributed by atoms with Gasteiger partial charge in [-0.15, -0.1) is 11.3 Å². The number of anilines is 1. The summed E-state index contributed by atoms with van der Waals surface area (Å²) >= 11 is 1.32. The smallest absolute Gasteiger partial charge is 0.265 e. The number of sulfone groups is 1. The van der Waals surface area contributed by atoms with Crippen LogP contribution in [0.2, 0.25) is 0 Å². The third-order valence-electron chi connectivity index (χ3n) is 3.24. The second-order valence-electron chi connectivity index (χ2n) is 5.21. The third kappa shape index (κ3) is 3.56. The van der Waals surface area contributed by atoms with Crippen LogP contribution >= 0.6 is 11.3 Å². The van der Waals surface area contributed by atoms with E-state index in [9.17, 15) is 13.2 Å². The molecule has 4 nitrogen and oxygen atoms in total. The molecule has 0 unspecified atom stereocenters. The lowest BCUT2D eigenvalue weighted by atomic mass is 10.1. The highest BCUT2D eigenvalue weighted by Crippen LogP contribution is 2.29. The maximum atomic E-state index is 12.5. The lowest BCUT2D eigenvalue weighted by molar-refractivity contribution is 0.103. The van der Waals surface area contributed by atoms with Crippen molar-refractivity contribution in [2.24, 2.45) is 0 Å². The van der Waals surface area contributed by atoms with Crippen molar-refractivity contribution in [1.29, 1.82) is 0 Å². The van der Waals surface area contributed by atoms with Crippen molar-refractivity contribution < 1.29 is 13.2 Å². The fourth-order valence-corrected chi connectivity index (χ4v) is 4.56. The highest BCUT2D eigenvalue weighted by Gasteiger charge is 2.22. The van der Waals surface area contributed by atoms with Gasteiger partial charge in [0.15, 0.2) is 9.84 Å². The van der Waals surface area contributed by atoms with Gasteiger partial charge in [-0.3, -0.25) is 4.79 Å². The summed E-state index contributed by atoms with van der Waals surface area (Å²) in [5.74, 6) is -0.215. The van der Waals surface area contributed by atoms with E-state index in [0.717, 1.165) is 11.1 Å². The average molecular weight is 337 g/mol. The van der Waals surface area contributed by atoms with Crippen LogP contribution in [0.5, 0.6) is 0 Å². The van der Waals surface area contributed by atoms with Crippen LogP contribution in [-0.2, 0) is 9.84 Å². The molecule has 1 aromatic heterocycles. The molecule has 0 aliphatic rings. The molecule has 6 heteroatoms. The molecule has 0 bridgehead atoms. The zero-order valence-corrected chi connectivity index (χ0v) is 14.5. The first-order valence-corrected chi connectivity index (χ1v) is 9.57. The van der Waals surface area contributed by atoms with Gasteiger partial charge in [0.05, 0.1) is 21.2 Å². The molecule has 0 saturated carbocycles. The van der Waals surface area contributed by atoms with Gasteiger partial charge in [-0.2, -0.15) is 0 Å². The van der Waals surface area contributed by atoms with E-state index >= 15 is 0 Å². The van der Waals surface area contributed by atoms with E-state index in [0.29, 0.717) is 17.0 Å². The Morgan fingerprint density at radius 1 is 1.27 bits per heavy atom. The van der Waals surface area contributed by atoms with Crippen LogP contribution < -0.4 is 5.32 Å². The fraction of sp³-hybridized carbons (Fsp3) is 0.312. The topological polar surface area (TPSA) is 63.2 Å². The van der Waals surface area contributed by atoms with Crippen molar-refractivity contribution in [3.05, 3.63) is 45.6 Å². The Hall–Kier alpha value is -1.66. The normalized spacial score (nSPS) is 11.4. The van der Waals surface area contributed by atoms with Gasteiger partial charge in [-0.1, -0.05) is 19.1 Å². The van der Waals surface area contributed by atoms with Crippen LogP contribution in [-0.4, -0.2) is 20.1 Å². The van der Waals surface area contributed by atoms with Crippen molar-refractivity contribution >= 4 is 32.8 Å². The number of thiophene rings is 1. The quantitative estimate of drug-likeness (QED) is 0.902. The van der Waals surface area contributed by atoms with Crippen LogP contribution in [0, 0.1) is 13.8 Å². The monoisotopic (exact) mass is 337 g/mol.